The van der Waals surface area contributed by atoms with E-state index in [-0.39, 0.29) is 11.3 Å². The molecule has 2 heterocycles. The molecule has 36 heavy (non-hydrogen) atoms. The van der Waals surface area contributed by atoms with Gasteiger partial charge in [0.05, 0.1) is 25.1 Å². The van der Waals surface area contributed by atoms with Crippen LogP contribution in [0, 0.1) is 23.2 Å². The molecule has 0 spiro atoms. The van der Waals surface area contributed by atoms with Crippen molar-refractivity contribution in [3.05, 3.63) is 53.7 Å². The van der Waals surface area contributed by atoms with Gasteiger partial charge in [-0.25, -0.2) is 4.98 Å². The Morgan fingerprint density at radius 2 is 2.00 bits per heavy atom. The number of fused-ring (bicyclic) bond motifs is 5. The third-order valence-corrected chi connectivity index (χ3v) is 9.62. The van der Waals surface area contributed by atoms with Crippen LogP contribution >= 0.6 is 0 Å². The minimum Gasteiger partial charge on any atom is -0.378 e. The second-order valence-corrected chi connectivity index (χ2v) is 11.5. The third kappa shape index (κ3) is 4.23. The van der Waals surface area contributed by atoms with Gasteiger partial charge in [-0.05, 0) is 79.0 Å². The number of carbonyl (C=O) groups excluding carboxylic acids is 2. The molecule has 2 aromatic rings. The first-order chi connectivity index (χ1) is 17.5. The van der Waals surface area contributed by atoms with Crippen molar-refractivity contribution in [2.45, 2.75) is 57.8 Å². The smallest absolute Gasteiger partial charge is 0.225 e. The summed E-state index contributed by atoms with van der Waals surface area (Å²) in [5.74, 6) is 2.79. The number of pyridine rings is 1. The Bertz CT molecular complexity index is 1130. The highest BCUT2D eigenvalue weighted by atomic mass is 16.5. The van der Waals surface area contributed by atoms with Gasteiger partial charge < -0.3 is 15.0 Å². The number of rotatable bonds is 5. The number of nitrogens with one attached hydrogen (secondary N) is 1. The van der Waals surface area contributed by atoms with E-state index in [2.05, 4.69) is 46.4 Å². The Labute approximate surface area is 213 Å². The normalized spacial score (nSPS) is 31.4. The minimum atomic E-state index is -0.217. The lowest BCUT2D eigenvalue weighted by atomic mass is 9.54. The van der Waals surface area contributed by atoms with Crippen LogP contribution in [-0.2, 0) is 20.7 Å². The number of ketones is 1. The van der Waals surface area contributed by atoms with Crippen LogP contribution < -0.4 is 10.2 Å². The Kier molecular flexibility index (Phi) is 6.32. The summed E-state index contributed by atoms with van der Waals surface area (Å²) in [6.45, 7) is 5.41. The number of morpholine rings is 1. The summed E-state index contributed by atoms with van der Waals surface area (Å²) in [5.41, 5.74) is 3.85. The summed E-state index contributed by atoms with van der Waals surface area (Å²) >= 11 is 0. The zero-order valence-corrected chi connectivity index (χ0v) is 21.2. The van der Waals surface area contributed by atoms with Gasteiger partial charge in [0, 0.05) is 31.3 Å². The van der Waals surface area contributed by atoms with Crippen molar-refractivity contribution in [1.82, 2.24) is 4.98 Å². The van der Waals surface area contributed by atoms with Crippen LogP contribution in [0.2, 0.25) is 0 Å². The predicted molar refractivity (Wildman–Crippen MR) is 140 cm³/mol. The van der Waals surface area contributed by atoms with Gasteiger partial charge in [-0.1, -0.05) is 31.2 Å². The lowest BCUT2D eigenvalue weighted by molar-refractivity contribution is -0.129. The number of benzene rings is 1. The van der Waals surface area contributed by atoms with Crippen molar-refractivity contribution < 1.29 is 14.3 Å². The molecule has 1 aromatic heterocycles. The van der Waals surface area contributed by atoms with Gasteiger partial charge in [0.15, 0.2) is 0 Å². The molecule has 2 saturated carbocycles. The first kappa shape index (κ1) is 23.7. The van der Waals surface area contributed by atoms with Crippen LogP contribution in [0.1, 0.15) is 62.5 Å². The van der Waals surface area contributed by atoms with Crippen LogP contribution in [-0.4, -0.2) is 43.0 Å². The quantitative estimate of drug-likeness (QED) is 0.644. The molecule has 0 radical (unpaired) electrons. The SMILES string of the molecule is C[C@]12CCC3c4ccccc4CCC3C1[C@H](CCC(=O)Nc1ccc(N3CCOCC3)cn1)CC2=O. The van der Waals surface area contributed by atoms with Crippen molar-refractivity contribution in [2.75, 3.05) is 36.5 Å². The standard InChI is InChI=1S/C30H37N3O3/c1-30-13-12-24-23-5-3-2-4-20(23)6-9-25(24)29(30)21(18-26(30)34)7-11-28(35)32-27-10-8-22(19-31-27)33-14-16-36-17-15-33/h2-5,8,10,19,21,24-25,29H,6-7,9,11-18H2,1H3,(H,31,32,35)/t21-,24?,25?,29?,30-/m1/s1. The van der Waals surface area contributed by atoms with E-state index in [0.717, 1.165) is 64.1 Å². The Hall–Kier alpha value is -2.73. The average Bonchev–Trinajstić information content (AvgIpc) is 3.18. The van der Waals surface area contributed by atoms with Crippen molar-refractivity contribution >= 4 is 23.2 Å². The molecule has 3 fully saturated rings. The second kappa shape index (κ2) is 9.62. The molecular weight excluding hydrogens is 450 g/mol. The molecule has 1 N–H and O–H groups in total. The van der Waals surface area contributed by atoms with Crippen molar-refractivity contribution in [1.29, 1.82) is 0 Å². The van der Waals surface area contributed by atoms with Crippen LogP contribution in [0.15, 0.2) is 42.6 Å². The van der Waals surface area contributed by atoms with E-state index in [0.29, 0.717) is 48.1 Å². The molecule has 6 rings (SSSR count). The summed E-state index contributed by atoms with van der Waals surface area (Å²) in [6.07, 6.45) is 8.03. The summed E-state index contributed by atoms with van der Waals surface area (Å²) in [6, 6.07) is 12.8. The summed E-state index contributed by atoms with van der Waals surface area (Å²) in [7, 11) is 0. The molecule has 6 nitrogen and oxygen atoms in total. The molecular formula is C30H37N3O3. The highest BCUT2D eigenvalue weighted by Gasteiger charge is 2.58. The molecule has 1 aromatic carbocycles. The van der Waals surface area contributed by atoms with Gasteiger partial charge in [-0.3, -0.25) is 9.59 Å². The number of hydrogen-bond acceptors (Lipinski definition) is 5. The van der Waals surface area contributed by atoms with Gasteiger partial charge in [0.25, 0.3) is 0 Å². The molecule has 0 bridgehead atoms. The van der Waals surface area contributed by atoms with Crippen LogP contribution in [0.5, 0.6) is 0 Å². The lowest BCUT2D eigenvalue weighted by Crippen LogP contribution is -2.44. The third-order valence-electron chi connectivity index (χ3n) is 9.62. The summed E-state index contributed by atoms with van der Waals surface area (Å²) < 4.78 is 5.42. The average molecular weight is 488 g/mol. The molecule has 5 atom stereocenters. The summed E-state index contributed by atoms with van der Waals surface area (Å²) in [4.78, 5) is 32.8. The Morgan fingerprint density at radius 1 is 1.17 bits per heavy atom. The van der Waals surface area contributed by atoms with Crippen molar-refractivity contribution in [3.8, 4) is 0 Å². The largest absolute Gasteiger partial charge is 0.378 e. The van der Waals surface area contributed by atoms with E-state index in [1.807, 2.05) is 18.3 Å². The molecule has 1 amide bonds. The zero-order chi connectivity index (χ0) is 24.7. The van der Waals surface area contributed by atoms with Crippen molar-refractivity contribution in [2.24, 2.45) is 23.2 Å². The summed E-state index contributed by atoms with van der Waals surface area (Å²) in [5, 5.41) is 2.98. The number of anilines is 2. The van der Waals surface area contributed by atoms with Crippen molar-refractivity contribution in [3.63, 3.8) is 0 Å². The van der Waals surface area contributed by atoms with E-state index in [1.165, 1.54) is 11.1 Å². The molecule has 1 saturated heterocycles. The first-order valence-corrected chi connectivity index (χ1v) is 13.7. The van der Waals surface area contributed by atoms with E-state index in [1.54, 1.807) is 0 Å². The van der Waals surface area contributed by atoms with E-state index in [4.69, 9.17) is 4.74 Å². The highest BCUT2D eigenvalue weighted by Crippen LogP contribution is 2.62. The van der Waals surface area contributed by atoms with Gasteiger partial charge in [-0.15, -0.1) is 0 Å². The number of carbonyl (C=O) groups is 2. The zero-order valence-electron chi connectivity index (χ0n) is 21.2. The number of aromatic nitrogens is 1. The van der Waals surface area contributed by atoms with Crippen LogP contribution in [0.25, 0.3) is 0 Å². The van der Waals surface area contributed by atoms with Crippen LogP contribution in [0.4, 0.5) is 11.5 Å². The van der Waals surface area contributed by atoms with E-state index in [9.17, 15) is 9.59 Å². The number of amides is 1. The Morgan fingerprint density at radius 3 is 2.81 bits per heavy atom. The maximum absolute atomic E-state index is 13.2. The van der Waals surface area contributed by atoms with Gasteiger partial charge in [0.2, 0.25) is 5.91 Å². The number of nitrogens with zero attached hydrogens (tertiary/aromatic N) is 2. The number of aryl methyl sites for hydroxylation is 1. The van der Waals surface area contributed by atoms with Gasteiger partial charge >= 0.3 is 0 Å². The fraction of sp³-hybridized carbons (Fsp3) is 0.567. The molecule has 4 aliphatic rings. The first-order valence-electron chi connectivity index (χ1n) is 13.7. The topological polar surface area (TPSA) is 71.5 Å². The van der Waals surface area contributed by atoms with Gasteiger partial charge in [-0.2, -0.15) is 0 Å². The Balaban J connectivity index is 1.10. The highest BCUT2D eigenvalue weighted by molar-refractivity contribution is 5.90. The van der Waals surface area contributed by atoms with E-state index >= 15 is 0 Å². The molecule has 1 aliphatic heterocycles. The maximum Gasteiger partial charge on any atom is 0.225 e. The van der Waals surface area contributed by atoms with E-state index < -0.39 is 0 Å². The number of ether oxygens (including phenoxy) is 1. The monoisotopic (exact) mass is 487 g/mol. The molecule has 3 unspecified atom stereocenters. The fourth-order valence-corrected chi connectivity index (χ4v) is 7.84. The molecule has 190 valence electrons. The number of Topliss-reactive ketones (excluding diaryl/α,β-unsaturated/α-hetero) is 1. The number of hydrogen-bond donors (Lipinski definition) is 1. The van der Waals surface area contributed by atoms with Crippen LogP contribution in [0.3, 0.4) is 0 Å². The molecule has 6 heteroatoms. The maximum atomic E-state index is 13.2. The lowest BCUT2D eigenvalue weighted by Gasteiger charge is -2.50. The molecule has 3 aliphatic carbocycles. The fourth-order valence-electron chi connectivity index (χ4n) is 7.84. The second-order valence-electron chi connectivity index (χ2n) is 11.5. The predicted octanol–water partition coefficient (Wildman–Crippen LogP) is 4.99. The minimum absolute atomic E-state index is 0.0102. The van der Waals surface area contributed by atoms with Gasteiger partial charge in [0.1, 0.15) is 11.6 Å².